The molecule has 1 N–H and O–H groups in total. The van der Waals surface area contributed by atoms with E-state index in [1.165, 1.54) is 25.7 Å². The van der Waals surface area contributed by atoms with E-state index in [1.807, 2.05) is 0 Å². The van der Waals surface area contributed by atoms with Gasteiger partial charge in [0.05, 0.1) is 0 Å². The lowest BCUT2D eigenvalue weighted by molar-refractivity contribution is -0.110. The number of carbonyl (C=O) groups excluding carboxylic acids is 1. The van der Waals surface area contributed by atoms with Gasteiger partial charge in [0.2, 0.25) is 6.41 Å². The van der Waals surface area contributed by atoms with Gasteiger partial charge in [-0.15, -0.1) is 0 Å². The summed E-state index contributed by atoms with van der Waals surface area (Å²) in [6.07, 6.45) is 5.76. The standard InChI is InChI=1S/C8H15NO/c1-7-3-2-4-8(5-7)9-6-10/h6-8H,2-5H2,1H3,(H,9,10). The van der Waals surface area contributed by atoms with E-state index < -0.39 is 0 Å². The van der Waals surface area contributed by atoms with Gasteiger partial charge in [0.25, 0.3) is 0 Å². The molecule has 10 heavy (non-hydrogen) atoms. The van der Waals surface area contributed by atoms with Gasteiger partial charge in [0.1, 0.15) is 0 Å². The van der Waals surface area contributed by atoms with Crippen LogP contribution in [0.25, 0.3) is 0 Å². The second-order valence-electron chi connectivity index (χ2n) is 3.25. The summed E-state index contributed by atoms with van der Waals surface area (Å²) in [7, 11) is 0. The number of nitrogens with one attached hydrogen (secondary N) is 1. The Balaban J connectivity index is 2.24. The normalized spacial score (nSPS) is 33.3. The maximum absolute atomic E-state index is 10.1. The molecule has 0 spiro atoms. The minimum atomic E-state index is 0.459. The Hall–Kier alpha value is -0.530. The molecule has 1 amide bonds. The fourth-order valence-electron chi connectivity index (χ4n) is 1.68. The van der Waals surface area contributed by atoms with Crippen molar-refractivity contribution in [2.24, 2.45) is 5.92 Å². The Morgan fingerprint density at radius 2 is 2.30 bits per heavy atom. The van der Waals surface area contributed by atoms with E-state index in [2.05, 4.69) is 12.2 Å². The largest absolute Gasteiger partial charge is 0.356 e. The molecule has 2 nitrogen and oxygen atoms in total. The summed E-state index contributed by atoms with van der Waals surface area (Å²) in [4.78, 5) is 10.1. The highest BCUT2D eigenvalue weighted by Gasteiger charge is 2.17. The van der Waals surface area contributed by atoms with Crippen LogP contribution in [0.5, 0.6) is 0 Å². The summed E-state index contributed by atoms with van der Waals surface area (Å²) < 4.78 is 0. The summed E-state index contributed by atoms with van der Waals surface area (Å²) in [5.74, 6) is 0.797. The van der Waals surface area contributed by atoms with Crippen molar-refractivity contribution in [3.05, 3.63) is 0 Å². The first-order chi connectivity index (χ1) is 4.83. The molecule has 1 fully saturated rings. The molecule has 0 saturated heterocycles. The minimum Gasteiger partial charge on any atom is -0.356 e. The van der Waals surface area contributed by atoms with Crippen LogP contribution < -0.4 is 5.32 Å². The Morgan fingerprint density at radius 3 is 2.90 bits per heavy atom. The van der Waals surface area contributed by atoms with Gasteiger partial charge in [-0.2, -0.15) is 0 Å². The number of rotatable bonds is 2. The predicted octanol–water partition coefficient (Wildman–Crippen LogP) is 1.31. The maximum atomic E-state index is 10.1. The lowest BCUT2D eigenvalue weighted by atomic mass is 9.87. The SMILES string of the molecule is CC1CCCC(NC=O)C1. The third-order valence-electron chi connectivity index (χ3n) is 2.24. The van der Waals surface area contributed by atoms with Crippen molar-refractivity contribution in [2.75, 3.05) is 0 Å². The molecule has 0 aromatic heterocycles. The average molecular weight is 141 g/mol. The van der Waals surface area contributed by atoms with Gasteiger partial charge in [-0.25, -0.2) is 0 Å². The van der Waals surface area contributed by atoms with E-state index in [9.17, 15) is 4.79 Å². The average Bonchev–Trinajstić information content (AvgIpc) is 1.88. The summed E-state index contributed by atoms with van der Waals surface area (Å²) in [5.41, 5.74) is 0. The molecular formula is C8H15NO. The molecule has 58 valence electrons. The third kappa shape index (κ3) is 2.01. The molecule has 0 aromatic rings. The van der Waals surface area contributed by atoms with Gasteiger partial charge in [-0.3, -0.25) is 4.79 Å². The second kappa shape index (κ2) is 3.59. The van der Waals surface area contributed by atoms with E-state index in [0.717, 1.165) is 12.3 Å². The van der Waals surface area contributed by atoms with Crippen LogP contribution in [0, 0.1) is 5.92 Å². The first kappa shape index (κ1) is 7.58. The van der Waals surface area contributed by atoms with Gasteiger partial charge in [-0.05, 0) is 18.8 Å². The summed E-state index contributed by atoms with van der Waals surface area (Å²) in [6, 6.07) is 0.459. The van der Waals surface area contributed by atoms with Crippen molar-refractivity contribution < 1.29 is 4.79 Å². The van der Waals surface area contributed by atoms with E-state index in [1.54, 1.807) is 0 Å². The second-order valence-corrected chi connectivity index (χ2v) is 3.25. The molecule has 2 heteroatoms. The molecule has 0 aliphatic heterocycles. The molecule has 1 saturated carbocycles. The number of amides is 1. The molecular weight excluding hydrogens is 126 g/mol. The minimum absolute atomic E-state index is 0.459. The van der Waals surface area contributed by atoms with Crippen LogP contribution >= 0.6 is 0 Å². The van der Waals surface area contributed by atoms with Gasteiger partial charge >= 0.3 is 0 Å². The highest BCUT2D eigenvalue weighted by molar-refractivity contribution is 5.46. The van der Waals surface area contributed by atoms with Crippen LogP contribution in [0.15, 0.2) is 0 Å². The fourth-order valence-corrected chi connectivity index (χ4v) is 1.68. The number of hydrogen-bond donors (Lipinski definition) is 1. The monoisotopic (exact) mass is 141 g/mol. The zero-order valence-corrected chi connectivity index (χ0v) is 6.47. The molecule has 0 heterocycles. The third-order valence-corrected chi connectivity index (χ3v) is 2.24. The molecule has 1 aliphatic carbocycles. The first-order valence-electron chi connectivity index (χ1n) is 4.02. The predicted molar refractivity (Wildman–Crippen MR) is 40.6 cm³/mol. The van der Waals surface area contributed by atoms with Crippen LogP contribution in [-0.2, 0) is 4.79 Å². The van der Waals surface area contributed by atoms with Crippen LogP contribution in [0.3, 0.4) is 0 Å². The Bertz CT molecular complexity index is 114. The molecule has 1 rings (SSSR count). The molecule has 0 radical (unpaired) electrons. The molecule has 1 aliphatic rings. The van der Waals surface area contributed by atoms with E-state index in [-0.39, 0.29) is 0 Å². The highest BCUT2D eigenvalue weighted by atomic mass is 16.1. The Morgan fingerprint density at radius 1 is 1.50 bits per heavy atom. The Labute approximate surface area is 62.0 Å². The summed E-state index contributed by atoms with van der Waals surface area (Å²) in [6.45, 7) is 2.25. The van der Waals surface area contributed by atoms with Crippen LogP contribution in [-0.4, -0.2) is 12.5 Å². The van der Waals surface area contributed by atoms with E-state index in [0.29, 0.717) is 6.04 Å². The van der Waals surface area contributed by atoms with Crippen molar-refractivity contribution in [1.29, 1.82) is 0 Å². The van der Waals surface area contributed by atoms with Gasteiger partial charge in [-0.1, -0.05) is 19.8 Å². The zero-order chi connectivity index (χ0) is 7.40. The lowest BCUT2D eigenvalue weighted by Gasteiger charge is -2.25. The van der Waals surface area contributed by atoms with Gasteiger partial charge in [0.15, 0.2) is 0 Å². The highest BCUT2D eigenvalue weighted by Crippen LogP contribution is 2.22. The van der Waals surface area contributed by atoms with Crippen LogP contribution in [0.1, 0.15) is 32.6 Å². The molecule has 0 aromatic carbocycles. The molecule has 2 atom stereocenters. The summed E-state index contributed by atoms with van der Waals surface area (Å²) in [5, 5.41) is 2.83. The van der Waals surface area contributed by atoms with Crippen LogP contribution in [0.4, 0.5) is 0 Å². The number of carbonyl (C=O) groups is 1. The molecule has 2 unspecified atom stereocenters. The maximum Gasteiger partial charge on any atom is 0.207 e. The van der Waals surface area contributed by atoms with E-state index in [4.69, 9.17) is 0 Å². The quantitative estimate of drug-likeness (QED) is 0.577. The van der Waals surface area contributed by atoms with Crippen molar-refractivity contribution in [2.45, 2.75) is 38.6 Å². The smallest absolute Gasteiger partial charge is 0.207 e. The van der Waals surface area contributed by atoms with Gasteiger partial charge < -0.3 is 5.32 Å². The molecule has 0 bridgehead atoms. The topological polar surface area (TPSA) is 29.1 Å². The van der Waals surface area contributed by atoms with Gasteiger partial charge in [0, 0.05) is 6.04 Å². The van der Waals surface area contributed by atoms with E-state index >= 15 is 0 Å². The number of hydrogen-bond acceptors (Lipinski definition) is 1. The Kier molecular flexibility index (Phi) is 2.72. The lowest BCUT2D eigenvalue weighted by Crippen LogP contribution is -2.32. The van der Waals surface area contributed by atoms with Crippen molar-refractivity contribution >= 4 is 6.41 Å². The summed E-state index contributed by atoms with van der Waals surface area (Å²) >= 11 is 0. The van der Waals surface area contributed by atoms with Crippen LogP contribution in [0.2, 0.25) is 0 Å². The van der Waals surface area contributed by atoms with Crippen molar-refractivity contribution in [1.82, 2.24) is 5.32 Å². The van der Waals surface area contributed by atoms with Crippen molar-refractivity contribution in [3.8, 4) is 0 Å². The first-order valence-corrected chi connectivity index (χ1v) is 4.02. The fraction of sp³-hybridized carbons (Fsp3) is 0.875. The zero-order valence-electron chi connectivity index (χ0n) is 6.47. The van der Waals surface area contributed by atoms with Crippen molar-refractivity contribution in [3.63, 3.8) is 0 Å².